The summed E-state index contributed by atoms with van der Waals surface area (Å²) in [5, 5.41) is 14.9. The summed E-state index contributed by atoms with van der Waals surface area (Å²) in [6.45, 7) is 5.25. The van der Waals surface area contributed by atoms with E-state index in [0.717, 1.165) is 5.56 Å². The zero-order valence-corrected chi connectivity index (χ0v) is 26.5. The molecule has 0 saturated heterocycles. The minimum Gasteiger partial charge on any atom is -0.497 e. The van der Waals surface area contributed by atoms with Crippen molar-refractivity contribution in [2.75, 3.05) is 33.9 Å². The fourth-order valence-corrected chi connectivity index (χ4v) is 5.88. The van der Waals surface area contributed by atoms with Crippen molar-refractivity contribution in [2.24, 2.45) is 22.8 Å². The highest BCUT2D eigenvalue weighted by molar-refractivity contribution is 6.03. The van der Waals surface area contributed by atoms with Crippen LogP contribution in [0.15, 0.2) is 65.8 Å². The molecule has 1 unspecified atom stereocenters. The molecule has 3 rings (SSSR count). The molecule has 0 aromatic heterocycles. The summed E-state index contributed by atoms with van der Waals surface area (Å²) in [5.41, 5.74) is 11.6. The van der Waals surface area contributed by atoms with Gasteiger partial charge in [0, 0.05) is 43.2 Å². The first-order valence-electron chi connectivity index (χ1n) is 15.2. The summed E-state index contributed by atoms with van der Waals surface area (Å²) in [6.07, 6.45) is 2.79. The second-order valence-electron chi connectivity index (χ2n) is 11.3. The van der Waals surface area contributed by atoms with Crippen LogP contribution >= 0.6 is 0 Å². The molecule has 2 aromatic carbocycles. The number of hydrogen-bond donors (Lipinski definition) is 4. The number of carbonyl (C=O) groups excluding carboxylic acids is 3. The van der Waals surface area contributed by atoms with Crippen molar-refractivity contribution in [3.63, 3.8) is 0 Å². The molecule has 1 aliphatic carbocycles. The number of halogens is 1. The minimum absolute atomic E-state index is 0.0104. The lowest BCUT2D eigenvalue weighted by molar-refractivity contribution is -0.132. The summed E-state index contributed by atoms with van der Waals surface area (Å²) < 4.78 is 25.1. The standard InChI is InChI=1S/C34H45FN4O6/c1-5-12-39(13-6-2)32(42)25-17-24(31(36)41)18-34(19-25,33(37)43)27(15-22-10-11-30(45-4)28(35)16-22)29(40)21-38-20-23-8-7-9-26(14-23)44-3/h7-11,14,16-18,27,29,38,40H,5-6,12-13,15,19-21H2,1-4H3,(H2,36,41)(H2,37,43)/t27-,29+,34?/m1/s1. The number of methoxy groups -OCH3 is 2. The van der Waals surface area contributed by atoms with Crippen LogP contribution in [0.5, 0.6) is 11.5 Å². The van der Waals surface area contributed by atoms with Crippen LogP contribution in [-0.4, -0.2) is 67.7 Å². The second kappa shape index (κ2) is 16.2. The summed E-state index contributed by atoms with van der Waals surface area (Å²) >= 11 is 0. The van der Waals surface area contributed by atoms with Gasteiger partial charge in [-0.2, -0.15) is 0 Å². The number of primary amides is 2. The van der Waals surface area contributed by atoms with Crippen molar-refractivity contribution in [1.29, 1.82) is 0 Å². The highest BCUT2D eigenvalue weighted by Gasteiger charge is 2.49. The molecule has 0 radical (unpaired) electrons. The third-order valence-electron chi connectivity index (χ3n) is 8.13. The van der Waals surface area contributed by atoms with Crippen LogP contribution in [0.3, 0.4) is 0 Å². The number of benzene rings is 2. The van der Waals surface area contributed by atoms with Crippen molar-refractivity contribution in [3.8, 4) is 11.5 Å². The molecule has 0 bridgehead atoms. The summed E-state index contributed by atoms with van der Waals surface area (Å²) in [7, 11) is 2.92. The lowest BCUT2D eigenvalue weighted by atomic mass is 9.63. The van der Waals surface area contributed by atoms with E-state index in [-0.39, 0.29) is 42.2 Å². The van der Waals surface area contributed by atoms with Gasteiger partial charge < -0.3 is 36.3 Å². The Morgan fingerprint density at radius 1 is 1.04 bits per heavy atom. The van der Waals surface area contributed by atoms with Crippen LogP contribution in [0, 0.1) is 17.2 Å². The third kappa shape index (κ3) is 8.70. The number of nitrogens with two attached hydrogens (primary N) is 2. The Morgan fingerprint density at radius 2 is 1.76 bits per heavy atom. The summed E-state index contributed by atoms with van der Waals surface area (Å²) in [4.78, 5) is 41.6. The van der Waals surface area contributed by atoms with E-state index in [1.165, 1.54) is 31.4 Å². The van der Waals surface area contributed by atoms with E-state index in [2.05, 4.69) is 5.32 Å². The lowest BCUT2D eigenvalue weighted by Gasteiger charge is -2.42. The maximum absolute atomic E-state index is 14.8. The first-order valence-corrected chi connectivity index (χ1v) is 15.2. The van der Waals surface area contributed by atoms with Gasteiger partial charge in [-0.3, -0.25) is 14.4 Å². The highest BCUT2D eigenvalue weighted by atomic mass is 19.1. The number of amides is 3. The molecule has 0 saturated carbocycles. The van der Waals surface area contributed by atoms with E-state index in [0.29, 0.717) is 43.8 Å². The van der Waals surface area contributed by atoms with Crippen molar-refractivity contribution >= 4 is 17.7 Å². The topological polar surface area (TPSA) is 157 Å². The van der Waals surface area contributed by atoms with Gasteiger partial charge >= 0.3 is 0 Å². The van der Waals surface area contributed by atoms with Crippen LogP contribution in [0.4, 0.5) is 4.39 Å². The highest BCUT2D eigenvalue weighted by Crippen LogP contribution is 2.44. The number of nitrogens with one attached hydrogen (secondary N) is 1. The molecule has 244 valence electrons. The lowest BCUT2D eigenvalue weighted by Crippen LogP contribution is -2.52. The SMILES string of the molecule is CCCN(CCC)C(=O)C1=CC(C(N)=O)=CC(C(N)=O)([C@H](Cc2ccc(OC)c(F)c2)[C@@H](O)CNCc2cccc(OC)c2)C1. The number of ether oxygens (including phenoxy) is 2. The van der Waals surface area contributed by atoms with Gasteiger partial charge in [-0.1, -0.05) is 38.1 Å². The van der Waals surface area contributed by atoms with E-state index >= 15 is 0 Å². The monoisotopic (exact) mass is 624 g/mol. The molecule has 10 nitrogen and oxygen atoms in total. The zero-order valence-electron chi connectivity index (χ0n) is 26.5. The molecule has 0 spiro atoms. The molecule has 11 heteroatoms. The van der Waals surface area contributed by atoms with Crippen LogP contribution < -0.4 is 26.3 Å². The van der Waals surface area contributed by atoms with Crippen molar-refractivity contribution in [1.82, 2.24) is 10.2 Å². The first kappa shape index (κ1) is 35.3. The maximum Gasteiger partial charge on any atom is 0.249 e. The van der Waals surface area contributed by atoms with Gasteiger partial charge in [0.25, 0.3) is 0 Å². The number of aliphatic hydroxyl groups is 1. The molecule has 3 amide bonds. The predicted octanol–water partition coefficient (Wildman–Crippen LogP) is 3.01. The predicted molar refractivity (Wildman–Crippen MR) is 170 cm³/mol. The Morgan fingerprint density at radius 3 is 2.33 bits per heavy atom. The smallest absolute Gasteiger partial charge is 0.249 e. The van der Waals surface area contributed by atoms with Crippen LogP contribution in [0.2, 0.25) is 0 Å². The van der Waals surface area contributed by atoms with Gasteiger partial charge in [0.05, 0.1) is 25.7 Å². The first-order chi connectivity index (χ1) is 21.5. The molecule has 1 aliphatic rings. The number of rotatable bonds is 17. The van der Waals surface area contributed by atoms with Gasteiger partial charge in [-0.05, 0) is 67.2 Å². The Labute approximate surface area is 264 Å². The van der Waals surface area contributed by atoms with Crippen LogP contribution in [0.1, 0.15) is 44.2 Å². The zero-order chi connectivity index (χ0) is 33.1. The van der Waals surface area contributed by atoms with Crippen LogP contribution in [-0.2, 0) is 27.3 Å². The van der Waals surface area contributed by atoms with E-state index in [1.807, 2.05) is 38.1 Å². The van der Waals surface area contributed by atoms with Gasteiger partial charge in [-0.25, -0.2) is 4.39 Å². The van der Waals surface area contributed by atoms with Crippen LogP contribution in [0.25, 0.3) is 0 Å². The Balaban J connectivity index is 2.06. The minimum atomic E-state index is -1.71. The third-order valence-corrected chi connectivity index (χ3v) is 8.13. The second-order valence-corrected chi connectivity index (χ2v) is 11.3. The van der Waals surface area contributed by atoms with Gasteiger partial charge in [0.15, 0.2) is 11.6 Å². The van der Waals surface area contributed by atoms with E-state index in [1.54, 1.807) is 18.1 Å². The van der Waals surface area contributed by atoms with E-state index in [9.17, 15) is 23.9 Å². The molecular weight excluding hydrogens is 579 g/mol. The average molecular weight is 625 g/mol. The molecule has 0 fully saturated rings. The Hall–Kier alpha value is -4.22. The molecular formula is C34H45FN4O6. The Bertz CT molecular complexity index is 1420. The van der Waals surface area contributed by atoms with Crippen molar-refractivity contribution in [2.45, 2.75) is 52.2 Å². The largest absolute Gasteiger partial charge is 0.497 e. The number of carbonyl (C=O) groups is 3. The van der Waals surface area contributed by atoms with Crippen molar-refractivity contribution in [3.05, 3.63) is 82.7 Å². The molecule has 0 aliphatic heterocycles. The fraction of sp³-hybridized carbons (Fsp3) is 0.441. The maximum atomic E-state index is 14.8. The number of hydrogen-bond acceptors (Lipinski definition) is 7. The average Bonchev–Trinajstić information content (AvgIpc) is 3.02. The van der Waals surface area contributed by atoms with Gasteiger partial charge in [0.2, 0.25) is 17.7 Å². The number of nitrogens with zero attached hydrogens (tertiary/aromatic N) is 1. The molecule has 3 atom stereocenters. The normalized spacial score (nSPS) is 17.5. The fourth-order valence-electron chi connectivity index (χ4n) is 5.88. The number of aliphatic hydroxyl groups excluding tert-OH is 1. The van der Waals surface area contributed by atoms with E-state index in [4.69, 9.17) is 20.9 Å². The quantitative estimate of drug-likeness (QED) is 0.211. The summed E-state index contributed by atoms with van der Waals surface area (Å²) in [5.74, 6) is -2.91. The summed E-state index contributed by atoms with van der Waals surface area (Å²) in [6, 6.07) is 11.8. The van der Waals surface area contributed by atoms with E-state index < -0.39 is 35.1 Å². The molecule has 0 heterocycles. The van der Waals surface area contributed by atoms with Crippen molar-refractivity contribution < 1.29 is 33.4 Å². The molecule has 2 aromatic rings. The van der Waals surface area contributed by atoms with Gasteiger partial charge in [-0.15, -0.1) is 0 Å². The molecule has 45 heavy (non-hydrogen) atoms. The Kier molecular flexibility index (Phi) is 12.7. The van der Waals surface area contributed by atoms with Gasteiger partial charge in [0.1, 0.15) is 5.75 Å². The molecule has 6 N–H and O–H groups in total.